The van der Waals surface area contributed by atoms with E-state index in [1.807, 2.05) is 24.3 Å². The molecule has 0 radical (unpaired) electrons. The standard InChI is InChI=1S/C20H17F3N4O/c21-20(22,23)17-6-4-15(12-25-17)19(28)27-10-7-13(8-11-27)16-5-3-14-2-1-9-24-18(14)26-16/h1-6,9,12-13H,7-8,10-11H2. The molecular weight excluding hydrogens is 369 g/mol. The molecule has 0 aromatic carbocycles. The van der Waals surface area contributed by atoms with Crippen LogP contribution in [0.15, 0.2) is 48.8 Å². The normalized spacial score (nSPS) is 15.8. The van der Waals surface area contributed by atoms with Crippen molar-refractivity contribution in [2.75, 3.05) is 13.1 Å². The molecule has 0 saturated carbocycles. The third-order valence-electron chi connectivity index (χ3n) is 4.99. The highest BCUT2D eigenvalue weighted by Crippen LogP contribution is 2.29. The molecule has 1 fully saturated rings. The third-order valence-corrected chi connectivity index (χ3v) is 4.99. The number of pyridine rings is 3. The number of hydrogen-bond donors (Lipinski definition) is 0. The van der Waals surface area contributed by atoms with Gasteiger partial charge in [-0.3, -0.25) is 9.78 Å². The van der Waals surface area contributed by atoms with Gasteiger partial charge < -0.3 is 4.90 Å². The van der Waals surface area contributed by atoms with Crippen molar-refractivity contribution in [1.29, 1.82) is 0 Å². The molecule has 0 bridgehead atoms. The minimum atomic E-state index is -4.51. The van der Waals surface area contributed by atoms with Gasteiger partial charge in [-0.15, -0.1) is 0 Å². The van der Waals surface area contributed by atoms with Crippen molar-refractivity contribution in [1.82, 2.24) is 19.9 Å². The number of halogens is 3. The summed E-state index contributed by atoms with van der Waals surface area (Å²) in [5.41, 5.74) is 0.821. The summed E-state index contributed by atoms with van der Waals surface area (Å²) in [6, 6.07) is 9.83. The lowest BCUT2D eigenvalue weighted by molar-refractivity contribution is -0.141. The second-order valence-electron chi connectivity index (χ2n) is 6.78. The molecule has 0 atom stereocenters. The highest BCUT2D eigenvalue weighted by Gasteiger charge is 2.33. The van der Waals surface area contributed by atoms with Gasteiger partial charge in [0, 0.05) is 42.5 Å². The second-order valence-corrected chi connectivity index (χ2v) is 6.78. The van der Waals surface area contributed by atoms with Crippen LogP contribution in [0, 0.1) is 0 Å². The van der Waals surface area contributed by atoms with Crippen LogP contribution in [0.5, 0.6) is 0 Å². The van der Waals surface area contributed by atoms with Gasteiger partial charge in [0.05, 0.1) is 5.56 Å². The average molecular weight is 386 g/mol. The number of carbonyl (C=O) groups is 1. The minimum absolute atomic E-state index is 0.166. The minimum Gasteiger partial charge on any atom is -0.339 e. The Hall–Kier alpha value is -3.03. The van der Waals surface area contributed by atoms with E-state index in [0.717, 1.165) is 36.2 Å². The molecule has 4 heterocycles. The number of likely N-dealkylation sites (tertiary alicyclic amines) is 1. The summed E-state index contributed by atoms with van der Waals surface area (Å²) in [4.78, 5) is 26.5. The van der Waals surface area contributed by atoms with Gasteiger partial charge in [0.2, 0.25) is 0 Å². The number of alkyl halides is 3. The number of hydrogen-bond acceptors (Lipinski definition) is 4. The smallest absolute Gasteiger partial charge is 0.339 e. The number of carbonyl (C=O) groups excluding carboxylic acids is 1. The van der Waals surface area contributed by atoms with Crippen LogP contribution < -0.4 is 0 Å². The molecule has 1 amide bonds. The number of fused-ring (bicyclic) bond motifs is 1. The van der Waals surface area contributed by atoms with Crippen LogP contribution in [-0.2, 0) is 6.18 Å². The molecule has 4 rings (SSSR count). The van der Waals surface area contributed by atoms with E-state index in [-0.39, 0.29) is 17.4 Å². The first-order valence-corrected chi connectivity index (χ1v) is 8.96. The first kappa shape index (κ1) is 18.3. The maximum absolute atomic E-state index is 12.6. The average Bonchev–Trinajstić information content (AvgIpc) is 2.72. The second kappa shape index (κ2) is 7.18. The molecule has 144 valence electrons. The van der Waals surface area contributed by atoms with Gasteiger partial charge in [-0.2, -0.15) is 13.2 Å². The van der Waals surface area contributed by atoms with Crippen molar-refractivity contribution in [2.24, 2.45) is 0 Å². The van der Waals surface area contributed by atoms with Crippen molar-refractivity contribution < 1.29 is 18.0 Å². The van der Waals surface area contributed by atoms with E-state index in [4.69, 9.17) is 0 Å². The summed E-state index contributed by atoms with van der Waals surface area (Å²) in [6.45, 7) is 1.04. The topological polar surface area (TPSA) is 59.0 Å². The van der Waals surface area contributed by atoms with Crippen LogP contribution in [0.1, 0.15) is 40.5 Å². The van der Waals surface area contributed by atoms with E-state index in [1.54, 1.807) is 11.1 Å². The Morgan fingerprint density at radius 1 is 1.04 bits per heavy atom. The van der Waals surface area contributed by atoms with Crippen molar-refractivity contribution in [2.45, 2.75) is 24.9 Å². The zero-order valence-corrected chi connectivity index (χ0v) is 14.9. The lowest BCUT2D eigenvalue weighted by atomic mass is 9.92. The SMILES string of the molecule is O=C(c1ccc(C(F)(F)F)nc1)N1CCC(c2ccc3cccnc3n2)CC1. The molecule has 8 heteroatoms. The lowest BCUT2D eigenvalue weighted by Crippen LogP contribution is -2.38. The van der Waals surface area contributed by atoms with Crippen molar-refractivity contribution >= 4 is 16.9 Å². The summed E-state index contributed by atoms with van der Waals surface area (Å²) in [6.07, 6.45) is -0.329. The summed E-state index contributed by atoms with van der Waals surface area (Å²) < 4.78 is 37.8. The lowest BCUT2D eigenvalue weighted by Gasteiger charge is -2.31. The number of rotatable bonds is 2. The molecule has 0 aliphatic carbocycles. The van der Waals surface area contributed by atoms with Gasteiger partial charge >= 0.3 is 6.18 Å². The molecule has 0 spiro atoms. The van der Waals surface area contributed by atoms with E-state index in [9.17, 15) is 18.0 Å². The van der Waals surface area contributed by atoms with Crippen LogP contribution in [0.2, 0.25) is 0 Å². The maximum atomic E-state index is 12.6. The van der Waals surface area contributed by atoms with E-state index in [2.05, 4.69) is 15.0 Å². The van der Waals surface area contributed by atoms with E-state index < -0.39 is 11.9 Å². The third kappa shape index (κ3) is 3.67. The molecule has 1 aliphatic heterocycles. The van der Waals surface area contributed by atoms with Crippen molar-refractivity contribution in [3.05, 3.63) is 65.7 Å². The zero-order chi connectivity index (χ0) is 19.7. The van der Waals surface area contributed by atoms with Gasteiger partial charge in [0.15, 0.2) is 5.65 Å². The van der Waals surface area contributed by atoms with Crippen LogP contribution in [0.3, 0.4) is 0 Å². The highest BCUT2D eigenvalue weighted by molar-refractivity contribution is 5.94. The Morgan fingerprint density at radius 2 is 1.82 bits per heavy atom. The zero-order valence-electron chi connectivity index (χ0n) is 14.9. The first-order valence-electron chi connectivity index (χ1n) is 8.96. The fourth-order valence-electron chi connectivity index (χ4n) is 3.44. The fourth-order valence-corrected chi connectivity index (χ4v) is 3.44. The Bertz CT molecular complexity index is 996. The predicted octanol–water partition coefficient (Wildman–Crippen LogP) is 4.06. The van der Waals surface area contributed by atoms with Crippen molar-refractivity contribution in [3.8, 4) is 0 Å². The molecule has 5 nitrogen and oxygen atoms in total. The van der Waals surface area contributed by atoms with Gasteiger partial charge in [0.25, 0.3) is 5.91 Å². The predicted molar refractivity (Wildman–Crippen MR) is 96.7 cm³/mol. The maximum Gasteiger partial charge on any atom is 0.433 e. The van der Waals surface area contributed by atoms with Gasteiger partial charge in [-0.25, -0.2) is 9.97 Å². The van der Waals surface area contributed by atoms with Gasteiger partial charge in [0.1, 0.15) is 5.69 Å². The summed E-state index contributed by atoms with van der Waals surface area (Å²) in [5, 5.41) is 0.980. The summed E-state index contributed by atoms with van der Waals surface area (Å²) >= 11 is 0. The number of amides is 1. The van der Waals surface area contributed by atoms with E-state index in [1.165, 1.54) is 6.07 Å². The molecule has 3 aromatic heterocycles. The number of aromatic nitrogens is 3. The summed E-state index contributed by atoms with van der Waals surface area (Å²) in [5.74, 6) is -0.0750. The quantitative estimate of drug-likeness (QED) is 0.666. The Balaban J connectivity index is 1.42. The molecule has 0 unspecified atom stereocenters. The monoisotopic (exact) mass is 386 g/mol. The summed E-state index contributed by atoms with van der Waals surface area (Å²) in [7, 11) is 0. The highest BCUT2D eigenvalue weighted by atomic mass is 19.4. The molecule has 28 heavy (non-hydrogen) atoms. The van der Waals surface area contributed by atoms with Crippen LogP contribution in [-0.4, -0.2) is 38.8 Å². The Morgan fingerprint density at radius 3 is 2.50 bits per heavy atom. The number of nitrogens with zero attached hydrogens (tertiary/aromatic N) is 4. The first-order chi connectivity index (χ1) is 13.4. The molecule has 0 N–H and O–H groups in total. The molecule has 3 aromatic rings. The number of piperidine rings is 1. The fraction of sp³-hybridized carbons (Fsp3) is 0.300. The van der Waals surface area contributed by atoms with Crippen LogP contribution >= 0.6 is 0 Å². The molecule has 1 saturated heterocycles. The van der Waals surface area contributed by atoms with Crippen molar-refractivity contribution in [3.63, 3.8) is 0 Å². The Labute approximate surface area is 159 Å². The van der Waals surface area contributed by atoms with Gasteiger partial charge in [-0.05, 0) is 49.2 Å². The largest absolute Gasteiger partial charge is 0.433 e. The van der Waals surface area contributed by atoms with Crippen LogP contribution in [0.25, 0.3) is 11.0 Å². The Kier molecular flexibility index (Phi) is 4.70. The molecular formula is C20H17F3N4O. The van der Waals surface area contributed by atoms with E-state index in [0.29, 0.717) is 18.7 Å². The molecule has 1 aliphatic rings. The van der Waals surface area contributed by atoms with Crippen LogP contribution in [0.4, 0.5) is 13.2 Å². The van der Waals surface area contributed by atoms with Gasteiger partial charge in [-0.1, -0.05) is 0 Å². The van der Waals surface area contributed by atoms with E-state index >= 15 is 0 Å².